The van der Waals surface area contributed by atoms with Crippen LogP contribution in [0.4, 0.5) is 13.2 Å². The Hall–Kier alpha value is -2.81. The lowest BCUT2D eigenvalue weighted by atomic mass is 10.1. The minimum Gasteiger partial charge on any atom is -0.481 e. The molecule has 9 heteroatoms. The summed E-state index contributed by atoms with van der Waals surface area (Å²) in [6.07, 6.45) is -3.49. The molecule has 2 aromatic rings. The fraction of sp³-hybridized carbons (Fsp3) is 0.333. The van der Waals surface area contributed by atoms with Crippen molar-refractivity contribution >= 4 is 11.9 Å². The first kappa shape index (κ1) is 20.5. The Balaban J connectivity index is 1.97. The van der Waals surface area contributed by atoms with Gasteiger partial charge in [-0.05, 0) is 18.1 Å². The average molecular weight is 385 g/mol. The molecule has 1 amide bonds. The largest absolute Gasteiger partial charge is 0.481 e. The molecule has 0 radical (unpaired) electrons. The van der Waals surface area contributed by atoms with Crippen LogP contribution in [0.2, 0.25) is 0 Å². The monoisotopic (exact) mass is 385 g/mol. The van der Waals surface area contributed by atoms with E-state index in [9.17, 15) is 22.8 Å². The molecule has 0 aliphatic rings. The van der Waals surface area contributed by atoms with Crippen LogP contribution < -0.4 is 5.32 Å². The topological polar surface area (TPSA) is 88.8 Å². The number of rotatable bonds is 8. The van der Waals surface area contributed by atoms with E-state index in [-0.39, 0.29) is 24.5 Å². The van der Waals surface area contributed by atoms with E-state index < -0.39 is 31.1 Å². The Morgan fingerprint density at radius 2 is 1.96 bits per heavy atom. The van der Waals surface area contributed by atoms with Crippen molar-refractivity contribution in [1.29, 1.82) is 0 Å². The summed E-state index contributed by atoms with van der Waals surface area (Å²) in [6, 6.07) is 6.59. The van der Waals surface area contributed by atoms with Gasteiger partial charge in [-0.2, -0.15) is 13.2 Å². The third kappa shape index (κ3) is 6.45. The highest BCUT2D eigenvalue weighted by molar-refractivity contribution is 5.97. The molecule has 146 valence electrons. The van der Waals surface area contributed by atoms with Crippen molar-refractivity contribution in [2.75, 3.05) is 6.61 Å². The van der Waals surface area contributed by atoms with Gasteiger partial charge in [-0.25, -0.2) is 0 Å². The normalized spacial score (nSPS) is 11.4. The molecule has 0 fully saturated rings. The molecule has 0 unspecified atom stereocenters. The van der Waals surface area contributed by atoms with Crippen molar-refractivity contribution in [3.8, 4) is 0 Å². The van der Waals surface area contributed by atoms with Crippen LogP contribution >= 0.6 is 0 Å². The Morgan fingerprint density at radius 3 is 2.63 bits per heavy atom. The Labute approximate surface area is 152 Å². The molecule has 0 saturated carbocycles. The van der Waals surface area contributed by atoms with Crippen LogP contribution in [0.5, 0.6) is 0 Å². The lowest BCUT2D eigenvalue weighted by Gasteiger charge is -2.10. The van der Waals surface area contributed by atoms with Gasteiger partial charge < -0.3 is 19.6 Å². The Morgan fingerprint density at radius 1 is 1.26 bits per heavy atom. The zero-order valence-corrected chi connectivity index (χ0v) is 14.4. The van der Waals surface area contributed by atoms with Gasteiger partial charge in [-0.1, -0.05) is 24.3 Å². The van der Waals surface area contributed by atoms with E-state index in [1.165, 1.54) is 6.26 Å². The fourth-order valence-electron chi connectivity index (χ4n) is 2.46. The lowest BCUT2D eigenvalue weighted by molar-refractivity contribution is -0.176. The number of ether oxygens (including phenoxy) is 1. The molecule has 0 aliphatic carbocycles. The SMILES string of the molecule is Cc1coc(CC(=O)O)c1C(=O)NCc1cccc(COCC(F)(F)F)c1. The summed E-state index contributed by atoms with van der Waals surface area (Å²) in [7, 11) is 0. The number of amides is 1. The van der Waals surface area contributed by atoms with Gasteiger partial charge in [0.25, 0.3) is 5.91 Å². The number of aliphatic carboxylic acids is 1. The van der Waals surface area contributed by atoms with E-state index >= 15 is 0 Å². The maximum absolute atomic E-state index is 12.4. The third-order valence-corrected chi connectivity index (χ3v) is 3.57. The minimum atomic E-state index is -4.39. The smallest absolute Gasteiger partial charge is 0.411 e. The highest BCUT2D eigenvalue weighted by Gasteiger charge is 2.27. The van der Waals surface area contributed by atoms with E-state index in [1.807, 2.05) is 0 Å². The highest BCUT2D eigenvalue weighted by Crippen LogP contribution is 2.18. The first-order valence-electron chi connectivity index (χ1n) is 7.95. The number of benzene rings is 1. The summed E-state index contributed by atoms with van der Waals surface area (Å²) >= 11 is 0. The second-order valence-electron chi connectivity index (χ2n) is 5.90. The van der Waals surface area contributed by atoms with Gasteiger partial charge in [-0.15, -0.1) is 0 Å². The quantitative estimate of drug-likeness (QED) is 0.728. The number of carboxylic acids is 1. The summed E-state index contributed by atoms with van der Waals surface area (Å²) in [6.45, 7) is 0.205. The number of aryl methyl sites for hydroxylation is 1. The fourth-order valence-corrected chi connectivity index (χ4v) is 2.46. The van der Waals surface area contributed by atoms with Crippen LogP contribution in [0.15, 0.2) is 34.9 Å². The molecule has 0 bridgehead atoms. The summed E-state index contributed by atoms with van der Waals surface area (Å²) in [5, 5.41) is 11.5. The van der Waals surface area contributed by atoms with Gasteiger partial charge in [0.2, 0.25) is 0 Å². The first-order chi connectivity index (χ1) is 12.7. The molecule has 6 nitrogen and oxygen atoms in total. The van der Waals surface area contributed by atoms with Crippen LogP contribution in [0.25, 0.3) is 0 Å². The van der Waals surface area contributed by atoms with Crippen molar-refractivity contribution in [2.45, 2.75) is 32.7 Å². The number of hydrogen-bond donors (Lipinski definition) is 2. The van der Waals surface area contributed by atoms with Crippen LogP contribution in [0.1, 0.15) is 32.8 Å². The standard InChI is InChI=1S/C18H18F3NO5/c1-11-8-27-14(6-15(23)24)16(11)17(25)22-7-12-3-2-4-13(5-12)9-26-10-18(19,20)21/h2-5,8H,6-7,9-10H2,1H3,(H,22,25)(H,23,24). The van der Waals surface area contributed by atoms with E-state index in [0.717, 1.165) is 0 Å². The number of nitrogens with one attached hydrogen (secondary N) is 1. The second-order valence-corrected chi connectivity index (χ2v) is 5.90. The van der Waals surface area contributed by atoms with Crippen molar-refractivity contribution in [2.24, 2.45) is 0 Å². The predicted octanol–water partition coefficient (Wildman–Crippen LogP) is 3.22. The summed E-state index contributed by atoms with van der Waals surface area (Å²) in [5.74, 6) is -1.55. The molecule has 2 N–H and O–H groups in total. The zero-order valence-electron chi connectivity index (χ0n) is 14.4. The van der Waals surface area contributed by atoms with Gasteiger partial charge in [0, 0.05) is 12.1 Å². The maximum atomic E-state index is 12.4. The number of carboxylic acid groups (broad SMARTS) is 1. The zero-order chi connectivity index (χ0) is 20.0. The van der Waals surface area contributed by atoms with Gasteiger partial charge >= 0.3 is 12.1 Å². The molecule has 0 atom stereocenters. The molecule has 27 heavy (non-hydrogen) atoms. The molecule has 2 rings (SSSR count). The van der Waals surface area contributed by atoms with Crippen molar-refractivity contribution in [1.82, 2.24) is 5.32 Å². The lowest BCUT2D eigenvalue weighted by Crippen LogP contribution is -2.24. The molecule has 1 aromatic carbocycles. The number of alkyl halides is 3. The number of furan rings is 1. The van der Waals surface area contributed by atoms with Crippen LogP contribution in [0, 0.1) is 6.92 Å². The van der Waals surface area contributed by atoms with Crippen LogP contribution in [-0.4, -0.2) is 29.8 Å². The van der Waals surface area contributed by atoms with E-state index in [0.29, 0.717) is 16.7 Å². The molecule has 0 saturated heterocycles. The second kappa shape index (κ2) is 8.72. The van der Waals surface area contributed by atoms with Crippen molar-refractivity contribution < 1.29 is 37.0 Å². The Bertz CT molecular complexity index is 814. The highest BCUT2D eigenvalue weighted by atomic mass is 19.4. The van der Waals surface area contributed by atoms with E-state index in [4.69, 9.17) is 9.52 Å². The number of carbonyl (C=O) groups is 2. The van der Waals surface area contributed by atoms with Crippen molar-refractivity contribution in [3.63, 3.8) is 0 Å². The Kier molecular flexibility index (Phi) is 6.62. The molecule has 0 spiro atoms. The molecular weight excluding hydrogens is 367 g/mol. The average Bonchev–Trinajstić information content (AvgIpc) is 2.91. The number of carbonyl (C=O) groups excluding carboxylic acids is 1. The van der Waals surface area contributed by atoms with E-state index in [2.05, 4.69) is 10.1 Å². The molecule has 0 aliphatic heterocycles. The summed E-state index contributed by atoms with van der Waals surface area (Å²) in [4.78, 5) is 23.2. The van der Waals surface area contributed by atoms with Crippen LogP contribution in [-0.2, 0) is 29.1 Å². The van der Waals surface area contributed by atoms with Gasteiger partial charge in [0.05, 0.1) is 18.4 Å². The molecule has 1 aromatic heterocycles. The minimum absolute atomic E-state index is 0.0619. The first-order valence-corrected chi connectivity index (χ1v) is 7.95. The summed E-state index contributed by atoms with van der Waals surface area (Å²) < 4.78 is 46.1. The molecular formula is C18H18F3NO5. The third-order valence-electron chi connectivity index (χ3n) is 3.57. The predicted molar refractivity (Wildman–Crippen MR) is 88.1 cm³/mol. The molecule has 1 heterocycles. The van der Waals surface area contributed by atoms with E-state index in [1.54, 1.807) is 31.2 Å². The van der Waals surface area contributed by atoms with Crippen molar-refractivity contribution in [3.05, 3.63) is 58.5 Å². The maximum Gasteiger partial charge on any atom is 0.411 e. The van der Waals surface area contributed by atoms with Gasteiger partial charge in [0.1, 0.15) is 18.8 Å². The van der Waals surface area contributed by atoms with Gasteiger partial charge in [0.15, 0.2) is 0 Å². The number of halogens is 3. The van der Waals surface area contributed by atoms with Gasteiger partial charge in [-0.3, -0.25) is 9.59 Å². The van der Waals surface area contributed by atoms with Crippen LogP contribution in [0.3, 0.4) is 0 Å². The summed E-state index contributed by atoms with van der Waals surface area (Å²) in [5.41, 5.74) is 1.88. The number of hydrogen-bond acceptors (Lipinski definition) is 4.